The number of nitrogens with zero attached hydrogens (tertiary/aromatic N) is 5. The highest BCUT2D eigenvalue weighted by Gasteiger charge is 2.30. The molecule has 0 N–H and O–H groups in total. The molecule has 2 aromatic heterocycles. The standard InChI is InChI=1S/C35H37ClFN5O2/c1-8-23-11-10-12-28(37)31(23)25-18-29-26(17-27(25)36)34(41-16-15-40(19-22(41)7)30(43)9-2)39-35(44)42(29)33-24(20(3)4)13-14-38-32(33)21(5)6/h8-14,17-18,20-22H,1-2,15-16,19H2,3-7H3/t22-/m0/s1/i1D2. The first-order chi connectivity index (χ1) is 21.8. The molecule has 0 unspecified atom stereocenters. The van der Waals surface area contributed by atoms with E-state index in [2.05, 4.69) is 16.5 Å². The van der Waals surface area contributed by atoms with Gasteiger partial charge in [0.05, 0.1) is 19.6 Å². The third-order valence-electron chi connectivity index (χ3n) is 8.19. The Morgan fingerprint density at radius 1 is 1.18 bits per heavy atom. The molecule has 0 bridgehead atoms. The number of pyridine rings is 1. The van der Waals surface area contributed by atoms with E-state index in [0.717, 1.165) is 5.56 Å². The molecular formula is C35H37ClFN5O2. The number of amides is 1. The second-order valence-electron chi connectivity index (χ2n) is 11.7. The Bertz CT molecular complexity index is 1910. The van der Waals surface area contributed by atoms with Gasteiger partial charge in [0.1, 0.15) is 11.6 Å². The summed E-state index contributed by atoms with van der Waals surface area (Å²) in [6, 6.07) is 9.53. The predicted octanol–water partition coefficient (Wildman–Crippen LogP) is 7.35. The van der Waals surface area contributed by atoms with Crippen molar-refractivity contribution in [3.8, 4) is 16.8 Å². The van der Waals surface area contributed by atoms with E-state index < -0.39 is 18.0 Å². The van der Waals surface area contributed by atoms with Gasteiger partial charge in [-0.25, -0.2) is 9.18 Å². The van der Waals surface area contributed by atoms with Gasteiger partial charge in [0.25, 0.3) is 0 Å². The minimum atomic E-state index is -0.580. The lowest BCUT2D eigenvalue weighted by molar-refractivity contribution is -0.126. The Kier molecular flexibility index (Phi) is 8.00. The van der Waals surface area contributed by atoms with E-state index in [-0.39, 0.29) is 34.4 Å². The van der Waals surface area contributed by atoms with Crippen molar-refractivity contribution < 1.29 is 11.9 Å². The summed E-state index contributed by atoms with van der Waals surface area (Å²) in [7, 11) is 0. The highest BCUT2D eigenvalue weighted by atomic mass is 35.5. The number of benzene rings is 2. The predicted molar refractivity (Wildman–Crippen MR) is 177 cm³/mol. The first kappa shape index (κ1) is 28.5. The lowest BCUT2D eigenvalue weighted by Gasteiger charge is -2.40. The molecule has 44 heavy (non-hydrogen) atoms. The zero-order valence-electron chi connectivity index (χ0n) is 27.6. The van der Waals surface area contributed by atoms with Crippen molar-refractivity contribution in [2.45, 2.75) is 52.5 Å². The summed E-state index contributed by atoms with van der Waals surface area (Å²) in [5, 5.41) is 0.788. The summed E-state index contributed by atoms with van der Waals surface area (Å²) >= 11 is 6.96. The molecule has 1 aliphatic heterocycles. The van der Waals surface area contributed by atoms with Gasteiger partial charge in [-0.15, -0.1) is 0 Å². The Morgan fingerprint density at radius 2 is 1.95 bits per heavy atom. The number of carbonyl (C=O) groups excluding carboxylic acids is 1. The van der Waals surface area contributed by atoms with Crippen LogP contribution in [0.1, 0.15) is 66.0 Å². The van der Waals surface area contributed by atoms with Crippen LogP contribution in [0.5, 0.6) is 0 Å². The maximum atomic E-state index is 15.6. The monoisotopic (exact) mass is 615 g/mol. The van der Waals surface area contributed by atoms with E-state index in [1.54, 1.807) is 33.9 Å². The minimum Gasteiger partial charge on any atom is -0.350 e. The number of anilines is 1. The van der Waals surface area contributed by atoms with Crippen LogP contribution in [0, 0.1) is 5.82 Å². The highest BCUT2D eigenvalue weighted by molar-refractivity contribution is 6.34. The van der Waals surface area contributed by atoms with E-state index in [1.165, 1.54) is 24.3 Å². The fourth-order valence-corrected chi connectivity index (χ4v) is 6.28. The van der Waals surface area contributed by atoms with E-state index in [9.17, 15) is 9.59 Å². The molecule has 1 aliphatic rings. The van der Waals surface area contributed by atoms with Crippen LogP contribution in [0.4, 0.5) is 10.2 Å². The van der Waals surface area contributed by atoms with E-state index in [4.69, 9.17) is 14.3 Å². The minimum absolute atomic E-state index is 0.0339. The topological polar surface area (TPSA) is 71.3 Å². The number of hydrogen-bond acceptors (Lipinski definition) is 5. The van der Waals surface area contributed by atoms with Crippen molar-refractivity contribution in [2.75, 3.05) is 24.5 Å². The molecule has 2 aromatic carbocycles. The first-order valence-electron chi connectivity index (χ1n) is 15.7. The van der Waals surface area contributed by atoms with Crippen LogP contribution < -0.4 is 10.6 Å². The summed E-state index contributed by atoms with van der Waals surface area (Å²) in [4.78, 5) is 39.8. The molecule has 1 atom stereocenters. The maximum absolute atomic E-state index is 15.6. The van der Waals surface area contributed by atoms with Crippen LogP contribution in [-0.4, -0.2) is 51.0 Å². The normalized spacial score (nSPS) is 15.9. The maximum Gasteiger partial charge on any atom is 0.354 e. The fourth-order valence-electron chi connectivity index (χ4n) is 6.02. The zero-order chi connectivity index (χ0) is 33.4. The Labute approximate surface area is 265 Å². The molecule has 1 saturated heterocycles. The number of piperazine rings is 1. The van der Waals surface area contributed by atoms with Gasteiger partial charge in [0.2, 0.25) is 5.91 Å². The first-order valence-corrected chi connectivity index (χ1v) is 15.1. The van der Waals surface area contributed by atoms with Gasteiger partial charge in [-0.05, 0) is 60.2 Å². The number of rotatable bonds is 7. The van der Waals surface area contributed by atoms with Crippen LogP contribution in [0.25, 0.3) is 33.8 Å². The Morgan fingerprint density at radius 3 is 2.61 bits per heavy atom. The lowest BCUT2D eigenvalue weighted by Crippen LogP contribution is -2.54. The zero-order valence-corrected chi connectivity index (χ0v) is 26.3. The SMILES string of the molecule is [2H]C([2H])=Cc1cccc(F)c1-c1cc2c(cc1Cl)c(N1CCN(C(=O)C=C)C[C@@H]1C)nc(=O)n2-c1c(C(C)C)ccnc1C(C)C. The molecule has 1 amide bonds. The van der Waals surface area contributed by atoms with Gasteiger partial charge >= 0.3 is 5.69 Å². The third-order valence-corrected chi connectivity index (χ3v) is 8.51. The third kappa shape index (κ3) is 5.43. The van der Waals surface area contributed by atoms with Crippen molar-refractivity contribution in [2.24, 2.45) is 0 Å². The second-order valence-corrected chi connectivity index (χ2v) is 12.1. The molecular weight excluding hydrogens is 577 g/mol. The number of fused-ring (bicyclic) bond motifs is 1. The Balaban J connectivity index is 1.89. The molecule has 228 valence electrons. The molecule has 9 heteroatoms. The van der Waals surface area contributed by atoms with E-state index in [0.29, 0.717) is 58.9 Å². The highest BCUT2D eigenvalue weighted by Crippen LogP contribution is 2.40. The smallest absolute Gasteiger partial charge is 0.350 e. The molecule has 4 aromatic rings. The van der Waals surface area contributed by atoms with Crippen LogP contribution >= 0.6 is 11.6 Å². The van der Waals surface area contributed by atoms with Gasteiger partial charge in [0, 0.05) is 53.4 Å². The van der Waals surface area contributed by atoms with Crippen LogP contribution in [0.15, 0.2) is 66.6 Å². The van der Waals surface area contributed by atoms with Crippen LogP contribution in [0.2, 0.25) is 5.02 Å². The lowest BCUT2D eigenvalue weighted by atomic mass is 9.95. The summed E-state index contributed by atoms with van der Waals surface area (Å²) in [6.45, 7) is 14.4. The molecule has 3 heterocycles. The van der Waals surface area contributed by atoms with Gasteiger partial charge in [0.15, 0.2) is 0 Å². The molecule has 0 saturated carbocycles. The number of halogens is 2. The van der Waals surface area contributed by atoms with Crippen molar-refractivity contribution in [1.82, 2.24) is 19.4 Å². The molecule has 0 aliphatic carbocycles. The second kappa shape index (κ2) is 12.4. The fraction of sp³-hybridized carbons (Fsp3) is 0.314. The number of carbonyl (C=O) groups is 1. The van der Waals surface area contributed by atoms with Crippen LogP contribution in [0.3, 0.4) is 0 Å². The summed E-state index contributed by atoms with van der Waals surface area (Å²) in [6.07, 6.45) is 4.29. The van der Waals surface area contributed by atoms with Gasteiger partial charge in [-0.2, -0.15) is 4.98 Å². The number of aromatic nitrogens is 3. The largest absolute Gasteiger partial charge is 0.354 e. The van der Waals surface area contributed by atoms with Gasteiger partial charge in [-0.3, -0.25) is 14.3 Å². The molecule has 1 fully saturated rings. The van der Waals surface area contributed by atoms with Crippen molar-refractivity contribution in [3.63, 3.8) is 0 Å². The molecule has 7 nitrogen and oxygen atoms in total. The molecule has 5 rings (SSSR count). The number of hydrogen-bond donors (Lipinski definition) is 0. The quantitative estimate of drug-likeness (QED) is 0.203. The Hall–Kier alpha value is -4.30. The molecule has 0 spiro atoms. The molecule has 0 radical (unpaired) electrons. The summed E-state index contributed by atoms with van der Waals surface area (Å²) in [5.74, 6) is -0.325. The van der Waals surface area contributed by atoms with E-state index in [1.807, 2.05) is 45.6 Å². The van der Waals surface area contributed by atoms with Crippen LogP contribution in [-0.2, 0) is 4.79 Å². The van der Waals surface area contributed by atoms with E-state index >= 15 is 4.39 Å². The summed E-state index contributed by atoms with van der Waals surface area (Å²) < 4.78 is 32.6. The van der Waals surface area contributed by atoms with Gasteiger partial charge < -0.3 is 9.80 Å². The van der Waals surface area contributed by atoms with Crippen molar-refractivity contribution >= 4 is 40.3 Å². The van der Waals surface area contributed by atoms with Crippen molar-refractivity contribution in [1.29, 1.82) is 0 Å². The average Bonchev–Trinajstić information content (AvgIpc) is 3.00. The average molecular weight is 616 g/mol. The summed E-state index contributed by atoms with van der Waals surface area (Å²) in [5.41, 5.74) is 2.91. The van der Waals surface area contributed by atoms with Crippen molar-refractivity contribution in [3.05, 3.63) is 99.9 Å². The van der Waals surface area contributed by atoms with Gasteiger partial charge in [-0.1, -0.05) is 70.6 Å².